The summed E-state index contributed by atoms with van der Waals surface area (Å²) in [4.78, 5) is 0. The van der Waals surface area contributed by atoms with E-state index in [1.54, 1.807) is 24.3 Å². The van der Waals surface area contributed by atoms with Gasteiger partial charge in [-0.25, -0.2) is 8.42 Å². The second-order valence-electron chi connectivity index (χ2n) is 4.48. The molecule has 0 radical (unpaired) electrons. The lowest BCUT2D eigenvalue weighted by Crippen LogP contribution is -2.37. The van der Waals surface area contributed by atoms with E-state index in [0.717, 1.165) is 0 Å². The van der Waals surface area contributed by atoms with Gasteiger partial charge in [-0.15, -0.1) is 0 Å². The van der Waals surface area contributed by atoms with Crippen molar-refractivity contribution in [2.75, 3.05) is 26.8 Å². The molecule has 1 aromatic carbocycles. The maximum atomic E-state index is 12.4. The maximum absolute atomic E-state index is 12.4. The zero-order valence-electron chi connectivity index (χ0n) is 12.0. The van der Waals surface area contributed by atoms with Crippen molar-refractivity contribution in [2.45, 2.75) is 12.2 Å². The summed E-state index contributed by atoms with van der Waals surface area (Å²) in [5.74, 6) is -0.0967. The molecule has 0 saturated heterocycles. The van der Waals surface area contributed by atoms with Gasteiger partial charge in [0.1, 0.15) is 5.84 Å². The Balaban J connectivity index is 2.79. The van der Waals surface area contributed by atoms with E-state index in [9.17, 15) is 8.42 Å². The van der Waals surface area contributed by atoms with Crippen LogP contribution in [0.4, 0.5) is 0 Å². The number of methoxy groups -OCH3 is 1. The van der Waals surface area contributed by atoms with Crippen molar-refractivity contribution < 1.29 is 18.4 Å². The minimum atomic E-state index is -3.49. The van der Waals surface area contributed by atoms with Crippen LogP contribution in [-0.4, -0.2) is 50.6 Å². The number of benzene rings is 1. The summed E-state index contributed by atoms with van der Waals surface area (Å²) >= 11 is 0. The highest BCUT2D eigenvalue weighted by molar-refractivity contribution is 7.88. The van der Waals surface area contributed by atoms with Gasteiger partial charge in [0, 0.05) is 26.6 Å². The number of oxime groups is 1. The first kappa shape index (κ1) is 17.4. The Bertz CT molecular complexity index is 546. The molecule has 0 aliphatic rings. The molecular formula is C13H21N3O4S. The lowest BCUT2D eigenvalue weighted by Gasteiger charge is -2.21. The van der Waals surface area contributed by atoms with E-state index in [4.69, 9.17) is 15.7 Å². The molecule has 0 fully saturated rings. The van der Waals surface area contributed by atoms with Crippen molar-refractivity contribution in [3.05, 3.63) is 35.9 Å². The number of amidine groups is 1. The summed E-state index contributed by atoms with van der Waals surface area (Å²) in [7, 11) is -1.98. The third-order valence-electron chi connectivity index (χ3n) is 2.88. The quantitative estimate of drug-likeness (QED) is 0.300. The van der Waals surface area contributed by atoms with E-state index < -0.39 is 10.0 Å². The molecule has 0 heterocycles. The number of hydrogen-bond donors (Lipinski definition) is 2. The maximum Gasteiger partial charge on any atom is 0.218 e. The van der Waals surface area contributed by atoms with Crippen LogP contribution in [0.15, 0.2) is 35.5 Å². The van der Waals surface area contributed by atoms with Crippen molar-refractivity contribution in [3.63, 3.8) is 0 Å². The monoisotopic (exact) mass is 315 g/mol. The van der Waals surface area contributed by atoms with Crippen molar-refractivity contribution in [1.82, 2.24) is 4.31 Å². The molecule has 0 amide bonds. The van der Waals surface area contributed by atoms with Gasteiger partial charge in [-0.05, 0) is 5.56 Å². The van der Waals surface area contributed by atoms with Crippen LogP contribution in [0, 0.1) is 0 Å². The highest BCUT2D eigenvalue weighted by Crippen LogP contribution is 2.11. The van der Waals surface area contributed by atoms with Crippen molar-refractivity contribution in [1.29, 1.82) is 0 Å². The fourth-order valence-corrected chi connectivity index (χ4v) is 3.27. The summed E-state index contributed by atoms with van der Waals surface area (Å²) in [5.41, 5.74) is 6.10. The van der Waals surface area contributed by atoms with Gasteiger partial charge in [-0.3, -0.25) is 0 Å². The smallest absolute Gasteiger partial charge is 0.218 e. The second-order valence-corrected chi connectivity index (χ2v) is 6.44. The van der Waals surface area contributed by atoms with Gasteiger partial charge < -0.3 is 15.7 Å². The van der Waals surface area contributed by atoms with Crippen LogP contribution in [0.1, 0.15) is 12.0 Å². The van der Waals surface area contributed by atoms with Gasteiger partial charge in [-0.2, -0.15) is 4.31 Å². The van der Waals surface area contributed by atoms with Crippen LogP contribution in [0.3, 0.4) is 0 Å². The van der Waals surface area contributed by atoms with Crippen LogP contribution in [0.5, 0.6) is 0 Å². The molecule has 7 nitrogen and oxygen atoms in total. The summed E-state index contributed by atoms with van der Waals surface area (Å²) in [6, 6.07) is 8.93. The van der Waals surface area contributed by atoms with E-state index in [1.165, 1.54) is 11.4 Å². The number of sulfonamides is 1. The van der Waals surface area contributed by atoms with Gasteiger partial charge in [0.05, 0.1) is 12.4 Å². The predicted molar refractivity (Wildman–Crippen MR) is 80.5 cm³/mol. The molecule has 3 N–H and O–H groups in total. The summed E-state index contributed by atoms with van der Waals surface area (Å²) in [6.07, 6.45) is 0.161. The normalized spacial score (nSPS) is 12.8. The Kier molecular flexibility index (Phi) is 7.13. The molecule has 0 spiro atoms. The average molecular weight is 315 g/mol. The zero-order chi connectivity index (χ0) is 15.7. The number of nitrogens with two attached hydrogens (primary N) is 1. The molecule has 8 heteroatoms. The fourth-order valence-electron chi connectivity index (χ4n) is 1.75. The topological polar surface area (TPSA) is 105 Å². The largest absolute Gasteiger partial charge is 0.409 e. The second kappa shape index (κ2) is 8.60. The summed E-state index contributed by atoms with van der Waals surface area (Å²) in [6.45, 7) is 0.656. The minimum absolute atomic E-state index is 0.00710. The van der Waals surface area contributed by atoms with E-state index in [2.05, 4.69) is 5.16 Å². The summed E-state index contributed by atoms with van der Waals surface area (Å²) in [5, 5.41) is 11.4. The number of nitrogens with zero attached hydrogens (tertiary/aromatic N) is 2. The van der Waals surface area contributed by atoms with Crippen LogP contribution < -0.4 is 5.73 Å². The molecule has 118 valence electrons. The highest BCUT2D eigenvalue weighted by atomic mass is 32.2. The molecule has 0 aliphatic heterocycles. The molecule has 0 aromatic heterocycles. The minimum Gasteiger partial charge on any atom is -0.409 e. The first-order chi connectivity index (χ1) is 9.99. The first-order valence-corrected chi connectivity index (χ1v) is 8.07. The Hall–Kier alpha value is -1.64. The van der Waals surface area contributed by atoms with Gasteiger partial charge in [0.15, 0.2) is 0 Å². The molecule has 1 rings (SSSR count). The Labute approximate surface area is 125 Å². The fraction of sp³-hybridized carbons (Fsp3) is 0.462. The molecule has 0 aliphatic carbocycles. The molecule has 0 saturated carbocycles. The lowest BCUT2D eigenvalue weighted by atomic mass is 10.2. The third-order valence-corrected chi connectivity index (χ3v) is 4.73. The van der Waals surface area contributed by atoms with Crippen LogP contribution >= 0.6 is 0 Å². The predicted octanol–water partition coefficient (Wildman–Crippen LogP) is 0.601. The zero-order valence-corrected chi connectivity index (χ0v) is 12.8. The standard InChI is InChI=1S/C13H21N3O4S/c1-20-10-9-16(8-7-13(14)15-17)21(18,19)11-12-5-3-2-4-6-12/h2-6,17H,7-11H2,1H3,(H2,14,15). The molecular weight excluding hydrogens is 294 g/mol. The first-order valence-electron chi connectivity index (χ1n) is 6.46. The van der Waals surface area contributed by atoms with Crippen molar-refractivity contribution in [2.24, 2.45) is 10.9 Å². The lowest BCUT2D eigenvalue weighted by molar-refractivity contribution is 0.179. The molecule has 21 heavy (non-hydrogen) atoms. The van der Waals surface area contributed by atoms with Crippen LogP contribution in [0.25, 0.3) is 0 Å². The molecule has 0 atom stereocenters. The van der Waals surface area contributed by atoms with Gasteiger partial charge in [0.2, 0.25) is 10.0 Å². The molecule has 0 bridgehead atoms. The molecule has 0 unspecified atom stereocenters. The van der Waals surface area contributed by atoms with E-state index in [0.29, 0.717) is 5.56 Å². The Morgan fingerprint density at radius 1 is 1.33 bits per heavy atom. The van der Waals surface area contributed by atoms with Crippen LogP contribution in [0.2, 0.25) is 0 Å². The average Bonchev–Trinajstić information content (AvgIpc) is 2.47. The van der Waals surface area contributed by atoms with Crippen LogP contribution in [-0.2, 0) is 20.5 Å². The third kappa shape index (κ3) is 6.11. The number of rotatable bonds is 9. The SMILES string of the molecule is COCCN(CCC(N)=NO)S(=O)(=O)Cc1ccccc1. The summed E-state index contributed by atoms with van der Waals surface area (Å²) < 4.78 is 31.1. The van der Waals surface area contributed by atoms with Crippen molar-refractivity contribution >= 4 is 15.9 Å². The van der Waals surface area contributed by atoms with E-state index in [-0.39, 0.29) is 37.7 Å². The van der Waals surface area contributed by atoms with E-state index in [1.807, 2.05) is 6.07 Å². The number of ether oxygens (including phenoxy) is 1. The highest BCUT2D eigenvalue weighted by Gasteiger charge is 2.22. The molecule has 1 aromatic rings. The Morgan fingerprint density at radius 3 is 2.57 bits per heavy atom. The Morgan fingerprint density at radius 2 is 2.00 bits per heavy atom. The van der Waals surface area contributed by atoms with Gasteiger partial charge >= 0.3 is 0 Å². The number of hydrogen-bond acceptors (Lipinski definition) is 5. The van der Waals surface area contributed by atoms with Gasteiger partial charge in [-0.1, -0.05) is 35.5 Å². The van der Waals surface area contributed by atoms with Gasteiger partial charge in [0.25, 0.3) is 0 Å². The van der Waals surface area contributed by atoms with E-state index >= 15 is 0 Å². The van der Waals surface area contributed by atoms with Crippen molar-refractivity contribution in [3.8, 4) is 0 Å².